The topological polar surface area (TPSA) is 93.1 Å². The minimum Gasteiger partial charge on any atom is -0.284 e. The largest absolute Gasteiger partial charge is 0.284 e. The summed E-state index contributed by atoms with van der Waals surface area (Å²) in [6, 6.07) is 16.0. The highest BCUT2D eigenvalue weighted by atomic mass is 32.2. The first kappa shape index (κ1) is 20.2. The molecule has 2 aromatic carbocycles. The van der Waals surface area contributed by atoms with Gasteiger partial charge in [0.15, 0.2) is 5.16 Å². The van der Waals surface area contributed by atoms with Crippen molar-refractivity contribution >= 4 is 34.5 Å². The van der Waals surface area contributed by atoms with Crippen molar-refractivity contribution in [3.63, 3.8) is 0 Å². The zero-order chi connectivity index (χ0) is 20.9. The van der Waals surface area contributed by atoms with Gasteiger partial charge in [0, 0.05) is 11.6 Å². The van der Waals surface area contributed by atoms with Crippen LogP contribution in [0, 0.1) is 0 Å². The number of carbonyl (C=O) groups is 2. The highest BCUT2D eigenvalue weighted by molar-refractivity contribution is 7.99. The number of hydrazine groups is 1. The molecule has 1 fully saturated rings. The number of para-hydroxylation sites is 1. The molecule has 3 aromatic rings. The van der Waals surface area contributed by atoms with E-state index in [9.17, 15) is 14.4 Å². The van der Waals surface area contributed by atoms with Gasteiger partial charge < -0.3 is 0 Å². The van der Waals surface area contributed by atoms with Crippen molar-refractivity contribution in [1.82, 2.24) is 20.4 Å². The summed E-state index contributed by atoms with van der Waals surface area (Å²) >= 11 is 1.21. The number of nitrogens with zero attached hydrogens (tertiary/aromatic N) is 2. The molecular weight excluding hydrogens is 400 g/mol. The molecule has 0 aliphatic heterocycles. The fraction of sp³-hybridized carbons (Fsp3) is 0.273. The Bertz CT molecular complexity index is 1120. The Balaban J connectivity index is 1.47. The lowest BCUT2D eigenvalue weighted by Gasteiger charge is -2.18. The van der Waals surface area contributed by atoms with Gasteiger partial charge in [0.25, 0.3) is 11.5 Å². The second-order valence-corrected chi connectivity index (χ2v) is 8.12. The summed E-state index contributed by atoms with van der Waals surface area (Å²) in [4.78, 5) is 42.1. The van der Waals surface area contributed by atoms with Crippen molar-refractivity contribution in [3.05, 3.63) is 70.5 Å². The molecule has 0 spiro atoms. The van der Waals surface area contributed by atoms with Gasteiger partial charge >= 0.3 is 0 Å². The van der Waals surface area contributed by atoms with Crippen molar-refractivity contribution < 1.29 is 9.59 Å². The Kier molecular flexibility index (Phi) is 6.13. The van der Waals surface area contributed by atoms with E-state index < -0.39 is 0 Å². The number of fused-ring (bicyclic) bond motifs is 1. The van der Waals surface area contributed by atoms with Crippen LogP contribution in [0.2, 0.25) is 0 Å². The fourth-order valence-corrected chi connectivity index (χ4v) is 4.53. The summed E-state index contributed by atoms with van der Waals surface area (Å²) in [5.41, 5.74) is 5.84. The van der Waals surface area contributed by atoms with Gasteiger partial charge in [0.1, 0.15) is 0 Å². The Labute approximate surface area is 177 Å². The maximum Gasteiger partial charge on any atom is 0.269 e. The summed E-state index contributed by atoms with van der Waals surface area (Å²) in [5.74, 6) is -0.725. The van der Waals surface area contributed by atoms with Crippen molar-refractivity contribution in [2.24, 2.45) is 0 Å². The summed E-state index contributed by atoms with van der Waals surface area (Å²) < 4.78 is 1.75. The first-order valence-electron chi connectivity index (χ1n) is 9.92. The summed E-state index contributed by atoms with van der Waals surface area (Å²) in [5, 5.41) is 1.13. The van der Waals surface area contributed by atoms with E-state index in [0.717, 1.165) is 25.7 Å². The van der Waals surface area contributed by atoms with Crippen LogP contribution in [0.1, 0.15) is 42.1 Å². The third-order valence-corrected chi connectivity index (χ3v) is 6.10. The number of thioether (sulfide) groups is 1. The number of hydrogen-bond donors (Lipinski definition) is 2. The number of nitrogens with one attached hydrogen (secondary N) is 2. The molecule has 0 unspecified atom stereocenters. The van der Waals surface area contributed by atoms with Crippen molar-refractivity contribution in [1.29, 1.82) is 0 Å². The molecule has 0 saturated heterocycles. The molecule has 1 aromatic heterocycles. The van der Waals surface area contributed by atoms with Crippen LogP contribution in [0.3, 0.4) is 0 Å². The molecular formula is C22H22N4O3S. The third-order valence-electron chi connectivity index (χ3n) is 5.15. The van der Waals surface area contributed by atoms with E-state index in [1.807, 2.05) is 18.2 Å². The quantitative estimate of drug-likeness (QED) is 0.374. The van der Waals surface area contributed by atoms with Crippen LogP contribution in [-0.2, 0) is 4.79 Å². The molecule has 0 bridgehead atoms. The monoisotopic (exact) mass is 422 g/mol. The summed E-state index contributed by atoms with van der Waals surface area (Å²) in [6.45, 7) is 0. The van der Waals surface area contributed by atoms with E-state index >= 15 is 0 Å². The van der Waals surface area contributed by atoms with Gasteiger partial charge in [-0.15, -0.1) is 0 Å². The molecule has 1 aliphatic carbocycles. The molecule has 1 heterocycles. The Morgan fingerprint density at radius 3 is 2.47 bits per heavy atom. The van der Waals surface area contributed by atoms with Crippen LogP contribution in [0.4, 0.5) is 0 Å². The van der Waals surface area contributed by atoms with E-state index in [1.54, 1.807) is 41.0 Å². The van der Waals surface area contributed by atoms with Crippen molar-refractivity contribution in [2.75, 3.05) is 5.75 Å². The highest BCUT2D eigenvalue weighted by Gasteiger charge is 2.23. The Hall–Kier alpha value is -3.13. The second-order valence-electron chi connectivity index (χ2n) is 7.18. The smallest absolute Gasteiger partial charge is 0.269 e. The van der Waals surface area contributed by atoms with Crippen LogP contribution < -0.4 is 16.4 Å². The highest BCUT2D eigenvalue weighted by Crippen LogP contribution is 2.32. The van der Waals surface area contributed by atoms with Crippen LogP contribution in [0.15, 0.2) is 64.5 Å². The van der Waals surface area contributed by atoms with Crippen molar-refractivity contribution in [3.8, 4) is 0 Å². The van der Waals surface area contributed by atoms with E-state index in [0.29, 0.717) is 21.6 Å². The lowest BCUT2D eigenvalue weighted by Crippen LogP contribution is -2.42. The first-order valence-corrected chi connectivity index (χ1v) is 10.9. The van der Waals surface area contributed by atoms with Gasteiger partial charge in [0.2, 0.25) is 5.91 Å². The van der Waals surface area contributed by atoms with Crippen LogP contribution in [-0.4, -0.2) is 27.1 Å². The number of rotatable bonds is 5. The van der Waals surface area contributed by atoms with E-state index in [2.05, 4.69) is 15.8 Å². The average molecular weight is 423 g/mol. The lowest BCUT2D eigenvalue weighted by atomic mass is 10.2. The average Bonchev–Trinajstić information content (AvgIpc) is 3.31. The third kappa shape index (κ3) is 4.38. The molecule has 154 valence electrons. The molecule has 30 heavy (non-hydrogen) atoms. The standard InChI is InChI=1S/C22H22N4O3S/c27-19(24-25-20(28)15-8-2-1-3-9-15)14-30-22-23-18-13-7-6-12-17(18)21(29)26(22)16-10-4-5-11-16/h1-3,6-9,12-13,16H,4-5,10-11,14H2,(H,24,27)(H,25,28). The summed E-state index contributed by atoms with van der Waals surface area (Å²) in [6.07, 6.45) is 4.04. The van der Waals surface area contributed by atoms with Crippen molar-refractivity contribution in [2.45, 2.75) is 36.9 Å². The van der Waals surface area contributed by atoms with Gasteiger partial charge in [-0.1, -0.05) is 54.9 Å². The van der Waals surface area contributed by atoms with Gasteiger partial charge in [0.05, 0.1) is 16.7 Å². The molecule has 8 heteroatoms. The first-order chi connectivity index (χ1) is 14.6. The zero-order valence-electron chi connectivity index (χ0n) is 16.3. The van der Waals surface area contributed by atoms with Crippen LogP contribution in [0.5, 0.6) is 0 Å². The van der Waals surface area contributed by atoms with Crippen LogP contribution in [0.25, 0.3) is 10.9 Å². The number of aromatic nitrogens is 2. The Morgan fingerprint density at radius 1 is 1.00 bits per heavy atom. The van der Waals surface area contributed by atoms with E-state index in [-0.39, 0.29) is 29.2 Å². The van der Waals surface area contributed by atoms with Gasteiger partial charge in [-0.3, -0.25) is 29.8 Å². The van der Waals surface area contributed by atoms with Gasteiger partial charge in [-0.2, -0.15) is 0 Å². The number of hydrogen-bond acceptors (Lipinski definition) is 5. The van der Waals surface area contributed by atoms with Crippen LogP contribution >= 0.6 is 11.8 Å². The molecule has 7 nitrogen and oxygen atoms in total. The molecule has 1 saturated carbocycles. The SMILES string of the molecule is O=C(CSc1nc2ccccc2c(=O)n1C1CCCC1)NNC(=O)c1ccccc1. The normalized spacial score (nSPS) is 14.0. The van der Waals surface area contributed by atoms with E-state index in [4.69, 9.17) is 0 Å². The van der Waals surface area contributed by atoms with Gasteiger partial charge in [-0.25, -0.2) is 4.98 Å². The summed E-state index contributed by atoms with van der Waals surface area (Å²) in [7, 11) is 0. The molecule has 2 N–H and O–H groups in total. The number of carbonyl (C=O) groups excluding carboxylic acids is 2. The van der Waals surface area contributed by atoms with E-state index in [1.165, 1.54) is 11.8 Å². The lowest BCUT2D eigenvalue weighted by molar-refractivity contribution is -0.119. The molecule has 2 amide bonds. The van der Waals surface area contributed by atoms with Gasteiger partial charge in [-0.05, 0) is 37.1 Å². The maximum absolute atomic E-state index is 13.1. The maximum atomic E-state index is 13.1. The number of amides is 2. The number of benzene rings is 2. The Morgan fingerprint density at radius 2 is 1.70 bits per heavy atom. The predicted octanol–water partition coefficient (Wildman–Crippen LogP) is 3.06. The second kappa shape index (κ2) is 9.13. The molecule has 1 aliphatic rings. The fourth-order valence-electron chi connectivity index (χ4n) is 3.67. The molecule has 4 rings (SSSR count). The molecule has 0 atom stereocenters. The minimum absolute atomic E-state index is 0.0343. The minimum atomic E-state index is -0.388. The predicted molar refractivity (Wildman–Crippen MR) is 116 cm³/mol. The zero-order valence-corrected chi connectivity index (χ0v) is 17.2. The molecule has 0 radical (unpaired) electrons.